The van der Waals surface area contributed by atoms with Gasteiger partial charge < -0.3 is 15.4 Å². The zero-order chi connectivity index (χ0) is 27.2. The maximum Gasteiger partial charge on any atom is 0.278 e. The number of aryl methyl sites for hydroxylation is 1. The van der Waals surface area contributed by atoms with Gasteiger partial charge in [0.2, 0.25) is 5.91 Å². The molecule has 7 rings (SSSR count). The number of carbonyl (C=O) groups excluding carboxylic acids is 2. The second-order valence-corrected chi connectivity index (χ2v) is 11.1. The van der Waals surface area contributed by atoms with Crippen LogP contribution in [-0.2, 0) is 9.53 Å². The summed E-state index contributed by atoms with van der Waals surface area (Å²) in [5.74, 6) is 1.03. The number of nitrogens with one attached hydrogen (secondary N) is 2. The summed E-state index contributed by atoms with van der Waals surface area (Å²) in [4.78, 5) is 32.4. The van der Waals surface area contributed by atoms with Crippen molar-refractivity contribution in [1.29, 1.82) is 0 Å². The standard InChI is InChI=1S/C28H31N9O3/c1-17-24(8-22(10-29-17)31-26(38)15-35-11-18-2-3-19(18)12-35)32-28(39)27-25-5-4-20(13-37(25)34-33-27)21-9-30-36(14-21)23-6-7-40-16-23/h4-5,8-10,13-14,18-19,23H,2-3,6-7,11-12,15-16H2,1H3,(H,31,38)(H,32,39). The predicted molar refractivity (Wildman–Crippen MR) is 147 cm³/mol. The van der Waals surface area contributed by atoms with Crippen molar-refractivity contribution >= 4 is 28.7 Å². The number of nitrogens with zero attached hydrogens (tertiary/aromatic N) is 7. The summed E-state index contributed by atoms with van der Waals surface area (Å²) >= 11 is 0. The van der Waals surface area contributed by atoms with Gasteiger partial charge in [-0.15, -0.1) is 5.10 Å². The number of aromatic nitrogens is 6. The van der Waals surface area contributed by atoms with E-state index in [9.17, 15) is 9.59 Å². The maximum atomic E-state index is 13.2. The molecule has 2 saturated heterocycles. The zero-order valence-electron chi connectivity index (χ0n) is 22.3. The monoisotopic (exact) mass is 541 g/mol. The third-order valence-electron chi connectivity index (χ3n) is 8.39. The Bertz CT molecular complexity index is 1580. The molecule has 40 heavy (non-hydrogen) atoms. The molecular weight excluding hydrogens is 510 g/mol. The van der Waals surface area contributed by atoms with Crippen molar-refractivity contribution in [2.75, 3.05) is 43.5 Å². The maximum absolute atomic E-state index is 13.2. The van der Waals surface area contributed by atoms with Crippen LogP contribution >= 0.6 is 0 Å². The van der Waals surface area contributed by atoms with E-state index < -0.39 is 5.91 Å². The van der Waals surface area contributed by atoms with Gasteiger partial charge in [-0.3, -0.25) is 24.2 Å². The van der Waals surface area contributed by atoms with Crippen molar-refractivity contribution in [2.24, 2.45) is 11.8 Å². The van der Waals surface area contributed by atoms with Gasteiger partial charge in [-0.25, -0.2) is 4.52 Å². The van der Waals surface area contributed by atoms with E-state index in [1.165, 1.54) is 12.8 Å². The SMILES string of the molecule is Cc1ncc(NC(=O)CN2CC3CCC3C2)cc1NC(=O)c1nnn2cc(-c3cnn(C4CCOC4)c3)ccc12. The normalized spacial score (nSPS) is 22.3. The number of hydrogen-bond acceptors (Lipinski definition) is 8. The predicted octanol–water partition coefficient (Wildman–Crippen LogP) is 2.79. The fraction of sp³-hybridized carbons (Fsp3) is 0.429. The average molecular weight is 542 g/mol. The third-order valence-corrected chi connectivity index (χ3v) is 8.39. The molecule has 3 atom stereocenters. The number of fused-ring (bicyclic) bond motifs is 2. The van der Waals surface area contributed by atoms with Crippen molar-refractivity contribution in [3.63, 3.8) is 0 Å². The fourth-order valence-electron chi connectivity index (χ4n) is 5.94. The molecule has 2 aliphatic heterocycles. The third kappa shape index (κ3) is 4.73. The van der Waals surface area contributed by atoms with Crippen LogP contribution in [0.3, 0.4) is 0 Å². The molecule has 206 valence electrons. The second-order valence-electron chi connectivity index (χ2n) is 11.1. The lowest BCUT2D eigenvalue weighted by molar-refractivity contribution is -0.117. The first-order valence-corrected chi connectivity index (χ1v) is 13.8. The molecule has 4 aromatic heterocycles. The van der Waals surface area contributed by atoms with Gasteiger partial charge in [-0.1, -0.05) is 11.3 Å². The quantitative estimate of drug-likeness (QED) is 0.365. The summed E-state index contributed by atoms with van der Waals surface area (Å²) in [5.41, 5.74) is 4.31. The van der Waals surface area contributed by atoms with Crippen LogP contribution in [0, 0.1) is 18.8 Å². The molecule has 3 unspecified atom stereocenters. The van der Waals surface area contributed by atoms with Crippen molar-refractivity contribution in [3.8, 4) is 11.1 Å². The molecule has 1 aliphatic carbocycles. The minimum Gasteiger partial charge on any atom is -0.379 e. The number of amides is 2. The van der Waals surface area contributed by atoms with Gasteiger partial charge in [0.05, 0.1) is 54.2 Å². The Balaban J connectivity index is 1.03. The van der Waals surface area contributed by atoms with Crippen LogP contribution < -0.4 is 10.6 Å². The van der Waals surface area contributed by atoms with E-state index in [-0.39, 0.29) is 17.6 Å². The number of pyridine rings is 2. The lowest BCUT2D eigenvalue weighted by atomic mass is 9.77. The summed E-state index contributed by atoms with van der Waals surface area (Å²) in [6.07, 6.45) is 10.8. The van der Waals surface area contributed by atoms with Crippen molar-refractivity contribution in [3.05, 3.63) is 54.4 Å². The molecule has 0 bridgehead atoms. The Morgan fingerprint density at radius 2 is 1.90 bits per heavy atom. The molecular formula is C28H31N9O3. The molecule has 2 N–H and O–H groups in total. The summed E-state index contributed by atoms with van der Waals surface area (Å²) in [6.45, 7) is 5.59. The Kier molecular flexibility index (Phi) is 6.28. The Hall–Kier alpha value is -4.16. The van der Waals surface area contributed by atoms with E-state index in [0.717, 1.165) is 49.1 Å². The van der Waals surface area contributed by atoms with Crippen molar-refractivity contribution < 1.29 is 14.3 Å². The molecule has 0 aromatic carbocycles. The van der Waals surface area contributed by atoms with Gasteiger partial charge in [0.15, 0.2) is 5.69 Å². The van der Waals surface area contributed by atoms with Crippen LogP contribution in [-0.4, -0.2) is 79.2 Å². The molecule has 2 amide bonds. The molecule has 12 heteroatoms. The topological polar surface area (TPSA) is 132 Å². The lowest BCUT2D eigenvalue weighted by Crippen LogP contribution is -2.31. The summed E-state index contributed by atoms with van der Waals surface area (Å²) in [7, 11) is 0. The minimum absolute atomic E-state index is 0.0774. The Morgan fingerprint density at radius 3 is 2.67 bits per heavy atom. The van der Waals surface area contributed by atoms with E-state index in [0.29, 0.717) is 35.7 Å². The highest BCUT2D eigenvalue weighted by Gasteiger charge is 2.39. The molecule has 0 spiro atoms. The molecule has 12 nitrogen and oxygen atoms in total. The molecule has 3 aliphatic rings. The largest absolute Gasteiger partial charge is 0.379 e. The van der Waals surface area contributed by atoms with E-state index in [2.05, 4.69) is 35.9 Å². The first-order chi connectivity index (χ1) is 19.5. The van der Waals surface area contributed by atoms with Crippen molar-refractivity contribution in [1.82, 2.24) is 34.5 Å². The van der Waals surface area contributed by atoms with Gasteiger partial charge in [0, 0.05) is 43.2 Å². The molecule has 1 saturated carbocycles. The smallest absolute Gasteiger partial charge is 0.278 e. The number of hydrogen-bond donors (Lipinski definition) is 2. The number of ether oxygens (including phenoxy) is 1. The van der Waals surface area contributed by atoms with Crippen LogP contribution in [0.1, 0.15) is 41.5 Å². The molecule has 3 fully saturated rings. The molecule has 6 heterocycles. The number of likely N-dealkylation sites (tertiary alicyclic amines) is 1. The summed E-state index contributed by atoms with van der Waals surface area (Å²) in [5, 5.41) is 18.6. The first-order valence-electron chi connectivity index (χ1n) is 13.8. The summed E-state index contributed by atoms with van der Waals surface area (Å²) in [6, 6.07) is 5.73. The van der Waals surface area contributed by atoms with Gasteiger partial charge in [0.25, 0.3) is 5.91 Å². The van der Waals surface area contributed by atoms with E-state index in [4.69, 9.17) is 4.74 Å². The Morgan fingerprint density at radius 1 is 1.05 bits per heavy atom. The van der Waals surface area contributed by atoms with Gasteiger partial charge in [-0.05, 0) is 50.2 Å². The molecule has 4 aromatic rings. The Labute approximate surface area is 230 Å². The number of rotatable bonds is 7. The van der Waals surface area contributed by atoms with Crippen LogP contribution in [0.15, 0.2) is 43.0 Å². The fourth-order valence-corrected chi connectivity index (χ4v) is 5.94. The number of carbonyl (C=O) groups is 2. The van der Waals surface area contributed by atoms with Gasteiger partial charge >= 0.3 is 0 Å². The van der Waals surface area contributed by atoms with E-state index >= 15 is 0 Å². The summed E-state index contributed by atoms with van der Waals surface area (Å²) < 4.78 is 9.00. The van der Waals surface area contributed by atoms with Crippen LogP contribution in [0.2, 0.25) is 0 Å². The highest BCUT2D eigenvalue weighted by molar-refractivity contribution is 6.08. The lowest BCUT2D eigenvalue weighted by Gasteiger charge is -2.28. The number of anilines is 2. The van der Waals surface area contributed by atoms with Crippen LogP contribution in [0.25, 0.3) is 16.6 Å². The van der Waals surface area contributed by atoms with Gasteiger partial charge in [0.1, 0.15) is 0 Å². The van der Waals surface area contributed by atoms with Gasteiger partial charge in [-0.2, -0.15) is 5.10 Å². The molecule has 0 radical (unpaired) electrons. The van der Waals surface area contributed by atoms with E-state index in [1.54, 1.807) is 23.7 Å². The minimum atomic E-state index is -0.405. The van der Waals surface area contributed by atoms with Crippen LogP contribution in [0.5, 0.6) is 0 Å². The van der Waals surface area contributed by atoms with E-state index in [1.807, 2.05) is 35.4 Å². The first kappa shape index (κ1) is 24.9. The second kappa shape index (κ2) is 10.1. The highest BCUT2D eigenvalue weighted by Crippen LogP contribution is 2.40. The highest BCUT2D eigenvalue weighted by atomic mass is 16.5. The average Bonchev–Trinajstić information content (AvgIpc) is 3.73. The van der Waals surface area contributed by atoms with Crippen LogP contribution in [0.4, 0.5) is 11.4 Å². The zero-order valence-corrected chi connectivity index (χ0v) is 22.3. The van der Waals surface area contributed by atoms with Crippen molar-refractivity contribution in [2.45, 2.75) is 32.2 Å².